The number of nitrogens with zero attached hydrogens (tertiary/aromatic N) is 1. The lowest BCUT2D eigenvalue weighted by Crippen LogP contribution is -2.63. The Morgan fingerprint density at radius 2 is 1.71 bits per heavy atom. The highest BCUT2D eigenvalue weighted by molar-refractivity contribution is 5.68. The first kappa shape index (κ1) is 18.8. The van der Waals surface area contributed by atoms with Crippen LogP contribution in [0.25, 0.3) is 0 Å². The second kappa shape index (κ2) is 7.14. The number of hydrogen-bond donors (Lipinski definition) is 1. The van der Waals surface area contributed by atoms with Gasteiger partial charge < -0.3 is 15.0 Å². The molecule has 0 unspecified atom stereocenters. The van der Waals surface area contributed by atoms with Gasteiger partial charge in [0.15, 0.2) is 0 Å². The van der Waals surface area contributed by atoms with Gasteiger partial charge in [-0.3, -0.25) is 0 Å². The molecule has 1 heterocycles. The molecule has 1 aromatic carbocycles. The minimum Gasteiger partial charge on any atom is -0.445 e. The van der Waals surface area contributed by atoms with Crippen molar-refractivity contribution in [3.05, 3.63) is 35.9 Å². The van der Waals surface area contributed by atoms with Crippen LogP contribution >= 0.6 is 0 Å². The van der Waals surface area contributed by atoms with Gasteiger partial charge in [0, 0.05) is 23.2 Å². The number of rotatable bonds is 4. The Hall–Kier alpha value is -1.55. The third kappa shape index (κ3) is 4.97. The highest BCUT2D eigenvalue weighted by Gasteiger charge is 2.42. The topological polar surface area (TPSA) is 41.6 Å². The maximum absolute atomic E-state index is 12.8. The molecule has 134 valence electrons. The van der Waals surface area contributed by atoms with Crippen LogP contribution in [0.1, 0.15) is 59.9 Å². The van der Waals surface area contributed by atoms with E-state index in [-0.39, 0.29) is 29.3 Å². The predicted octanol–water partition coefficient (Wildman–Crippen LogP) is 4.34. The molecule has 0 radical (unpaired) electrons. The molecule has 1 amide bonds. The minimum absolute atomic E-state index is 0.000727. The zero-order chi connectivity index (χ0) is 18.0. The normalized spacial score (nSPS) is 20.0. The standard InChI is InChI=1S/C20H32N2O2/c1-15(2)22(17-12-19(3,4)21-20(5,6)13-17)18(23)24-14-16-10-8-7-9-11-16/h7-11,15,17,21H,12-14H2,1-6H3. The van der Waals surface area contributed by atoms with Gasteiger partial charge in [0.1, 0.15) is 6.61 Å². The minimum atomic E-state index is -0.215. The summed E-state index contributed by atoms with van der Waals surface area (Å²) in [6, 6.07) is 10.1. The maximum atomic E-state index is 12.8. The van der Waals surface area contributed by atoms with Crippen LogP contribution in [0.15, 0.2) is 30.3 Å². The summed E-state index contributed by atoms with van der Waals surface area (Å²) in [6.45, 7) is 13.3. The summed E-state index contributed by atoms with van der Waals surface area (Å²) in [4.78, 5) is 14.7. The molecule has 4 nitrogen and oxygen atoms in total. The van der Waals surface area contributed by atoms with Crippen molar-refractivity contribution < 1.29 is 9.53 Å². The molecule has 2 rings (SSSR count). The van der Waals surface area contributed by atoms with E-state index in [1.165, 1.54) is 0 Å². The fourth-order valence-electron chi connectivity index (χ4n) is 4.04. The van der Waals surface area contributed by atoms with E-state index in [2.05, 4.69) is 46.9 Å². The van der Waals surface area contributed by atoms with Crippen LogP contribution in [0.5, 0.6) is 0 Å². The lowest BCUT2D eigenvalue weighted by Gasteiger charge is -2.50. The van der Waals surface area contributed by atoms with Gasteiger partial charge in [-0.15, -0.1) is 0 Å². The molecule has 1 N–H and O–H groups in total. The van der Waals surface area contributed by atoms with E-state index in [0.29, 0.717) is 6.61 Å². The summed E-state index contributed by atoms with van der Waals surface area (Å²) >= 11 is 0. The van der Waals surface area contributed by atoms with E-state index in [1.54, 1.807) is 0 Å². The molecule has 0 saturated carbocycles. The average molecular weight is 332 g/mol. The first-order valence-corrected chi connectivity index (χ1v) is 8.88. The molecule has 24 heavy (non-hydrogen) atoms. The number of piperidine rings is 1. The number of carbonyl (C=O) groups excluding carboxylic acids is 1. The number of benzene rings is 1. The van der Waals surface area contributed by atoms with Gasteiger partial charge in [0.25, 0.3) is 0 Å². The summed E-state index contributed by atoms with van der Waals surface area (Å²) in [7, 11) is 0. The lowest BCUT2D eigenvalue weighted by atomic mass is 9.79. The summed E-state index contributed by atoms with van der Waals surface area (Å²) in [5.74, 6) is 0. The van der Waals surface area contributed by atoms with Gasteiger partial charge in [-0.25, -0.2) is 4.79 Å². The van der Waals surface area contributed by atoms with Crippen LogP contribution in [-0.2, 0) is 11.3 Å². The van der Waals surface area contributed by atoms with Crippen molar-refractivity contribution in [3.63, 3.8) is 0 Å². The molecule has 0 spiro atoms. The van der Waals surface area contributed by atoms with Crippen molar-refractivity contribution >= 4 is 6.09 Å². The summed E-state index contributed by atoms with van der Waals surface area (Å²) < 4.78 is 5.61. The van der Waals surface area contributed by atoms with Gasteiger partial charge >= 0.3 is 6.09 Å². The molecular weight excluding hydrogens is 300 g/mol. The van der Waals surface area contributed by atoms with Crippen molar-refractivity contribution in [2.75, 3.05) is 0 Å². The van der Waals surface area contributed by atoms with E-state index in [1.807, 2.05) is 35.2 Å². The van der Waals surface area contributed by atoms with Gasteiger partial charge in [-0.05, 0) is 59.9 Å². The van der Waals surface area contributed by atoms with Crippen LogP contribution in [0.4, 0.5) is 4.79 Å². The Kier molecular flexibility index (Phi) is 5.59. The van der Waals surface area contributed by atoms with Crippen molar-refractivity contribution in [1.82, 2.24) is 10.2 Å². The van der Waals surface area contributed by atoms with E-state index >= 15 is 0 Å². The molecule has 0 aliphatic carbocycles. The summed E-state index contributed by atoms with van der Waals surface area (Å²) in [5.41, 5.74) is 1.01. The number of hydrogen-bond acceptors (Lipinski definition) is 3. The first-order valence-electron chi connectivity index (χ1n) is 8.88. The molecule has 1 fully saturated rings. The van der Waals surface area contributed by atoms with Gasteiger partial charge in [-0.2, -0.15) is 0 Å². The lowest BCUT2D eigenvalue weighted by molar-refractivity contribution is 0.0287. The van der Waals surface area contributed by atoms with Crippen LogP contribution in [0.2, 0.25) is 0 Å². The summed E-state index contributed by atoms with van der Waals surface area (Å²) in [6.07, 6.45) is 1.64. The van der Waals surface area contributed by atoms with E-state index in [0.717, 1.165) is 18.4 Å². The molecule has 0 atom stereocenters. The fraction of sp³-hybridized carbons (Fsp3) is 0.650. The molecule has 0 aromatic heterocycles. The summed E-state index contributed by atoms with van der Waals surface area (Å²) in [5, 5.41) is 3.67. The number of ether oxygens (including phenoxy) is 1. The zero-order valence-corrected chi connectivity index (χ0v) is 15.9. The first-order chi connectivity index (χ1) is 11.1. The quantitative estimate of drug-likeness (QED) is 0.891. The molecule has 1 saturated heterocycles. The van der Waals surface area contributed by atoms with E-state index in [9.17, 15) is 4.79 Å². The maximum Gasteiger partial charge on any atom is 0.410 e. The van der Waals surface area contributed by atoms with Crippen LogP contribution in [0, 0.1) is 0 Å². The van der Waals surface area contributed by atoms with Crippen molar-refractivity contribution in [3.8, 4) is 0 Å². The molecule has 1 aromatic rings. The average Bonchev–Trinajstić information content (AvgIpc) is 2.42. The van der Waals surface area contributed by atoms with E-state index < -0.39 is 0 Å². The van der Waals surface area contributed by atoms with Crippen molar-refractivity contribution in [2.24, 2.45) is 0 Å². The Labute approximate surface area is 146 Å². The molecular formula is C20H32N2O2. The number of amides is 1. The van der Waals surface area contributed by atoms with Gasteiger partial charge in [0.2, 0.25) is 0 Å². The third-order valence-corrected chi connectivity index (χ3v) is 4.53. The highest BCUT2D eigenvalue weighted by atomic mass is 16.6. The Morgan fingerprint density at radius 1 is 1.17 bits per heavy atom. The Bertz CT molecular complexity index is 536. The molecule has 1 aliphatic heterocycles. The van der Waals surface area contributed by atoms with Crippen molar-refractivity contribution in [2.45, 2.75) is 84.2 Å². The molecule has 0 bridgehead atoms. The Morgan fingerprint density at radius 3 is 2.21 bits per heavy atom. The molecule has 4 heteroatoms. The fourth-order valence-corrected chi connectivity index (χ4v) is 4.04. The Balaban J connectivity index is 2.09. The second-order valence-electron chi connectivity index (χ2n) is 8.50. The monoisotopic (exact) mass is 332 g/mol. The second-order valence-corrected chi connectivity index (χ2v) is 8.50. The largest absolute Gasteiger partial charge is 0.445 e. The third-order valence-electron chi connectivity index (χ3n) is 4.53. The smallest absolute Gasteiger partial charge is 0.410 e. The van der Waals surface area contributed by atoms with Crippen LogP contribution < -0.4 is 5.32 Å². The molecule has 1 aliphatic rings. The zero-order valence-electron chi connectivity index (χ0n) is 15.9. The number of carbonyl (C=O) groups is 1. The number of nitrogens with one attached hydrogen (secondary N) is 1. The van der Waals surface area contributed by atoms with Crippen LogP contribution in [0.3, 0.4) is 0 Å². The van der Waals surface area contributed by atoms with Crippen molar-refractivity contribution in [1.29, 1.82) is 0 Å². The van der Waals surface area contributed by atoms with Crippen LogP contribution in [-0.4, -0.2) is 34.2 Å². The van der Waals surface area contributed by atoms with Gasteiger partial charge in [-0.1, -0.05) is 30.3 Å². The highest BCUT2D eigenvalue weighted by Crippen LogP contribution is 2.32. The van der Waals surface area contributed by atoms with E-state index in [4.69, 9.17) is 4.74 Å². The predicted molar refractivity (Wildman–Crippen MR) is 97.9 cm³/mol. The van der Waals surface area contributed by atoms with Gasteiger partial charge in [0.05, 0.1) is 0 Å². The SMILES string of the molecule is CC(C)N(C(=O)OCc1ccccc1)C1CC(C)(C)NC(C)(C)C1.